The minimum atomic E-state index is -0.0436. The Morgan fingerprint density at radius 3 is 2.22 bits per heavy atom. The number of carbonyl (C=O) groups excluding carboxylic acids is 2. The van der Waals surface area contributed by atoms with E-state index in [0.717, 1.165) is 17.5 Å². The van der Waals surface area contributed by atoms with Crippen LogP contribution >= 0.6 is 0 Å². The zero-order valence-electron chi connectivity index (χ0n) is 15.2. The van der Waals surface area contributed by atoms with Gasteiger partial charge in [-0.25, -0.2) is 4.98 Å². The second-order valence-corrected chi connectivity index (χ2v) is 6.84. The van der Waals surface area contributed by atoms with Crippen LogP contribution < -0.4 is 0 Å². The first kappa shape index (κ1) is 17.3. The Morgan fingerprint density at radius 1 is 0.889 bits per heavy atom. The Labute approximate surface area is 157 Å². The fourth-order valence-electron chi connectivity index (χ4n) is 3.37. The fraction of sp³-hybridized carbons (Fsp3) is 0.286. The van der Waals surface area contributed by atoms with Gasteiger partial charge in [0, 0.05) is 37.3 Å². The van der Waals surface area contributed by atoms with Crippen LogP contribution in [0.1, 0.15) is 32.7 Å². The molecule has 1 aliphatic rings. The molecule has 6 heteroatoms. The van der Waals surface area contributed by atoms with Gasteiger partial charge >= 0.3 is 0 Å². The number of carbonyl (C=O) groups is 2. The minimum absolute atomic E-state index is 0.0207. The van der Waals surface area contributed by atoms with Gasteiger partial charge in [-0.3, -0.25) is 9.59 Å². The van der Waals surface area contributed by atoms with Crippen LogP contribution in [0.4, 0.5) is 0 Å². The molecule has 0 atom stereocenters. The smallest absolute Gasteiger partial charge is 0.254 e. The van der Waals surface area contributed by atoms with Crippen molar-refractivity contribution in [2.75, 3.05) is 26.2 Å². The van der Waals surface area contributed by atoms with Crippen molar-refractivity contribution in [3.8, 4) is 0 Å². The highest BCUT2D eigenvalue weighted by molar-refractivity contribution is 5.97. The van der Waals surface area contributed by atoms with Crippen molar-refractivity contribution in [1.29, 1.82) is 0 Å². The molecule has 3 aromatic rings. The van der Waals surface area contributed by atoms with E-state index in [0.29, 0.717) is 42.9 Å². The first-order valence-electron chi connectivity index (χ1n) is 9.10. The van der Waals surface area contributed by atoms with Crippen molar-refractivity contribution in [3.63, 3.8) is 0 Å². The summed E-state index contributed by atoms with van der Waals surface area (Å²) in [5.74, 6) is -0.0229. The molecule has 2 heterocycles. The largest absolute Gasteiger partial charge is 0.443 e. The van der Waals surface area contributed by atoms with Crippen LogP contribution in [0.15, 0.2) is 53.3 Å². The van der Waals surface area contributed by atoms with Crippen molar-refractivity contribution in [2.24, 2.45) is 0 Å². The van der Waals surface area contributed by atoms with E-state index in [1.54, 1.807) is 23.1 Å². The molecule has 2 aromatic carbocycles. The zero-order valence-corrected chi connectivity index (χ0v) is 15.2. The number of oxazole rings is 1. The molecule has 2 amide bonds. The summed E-state index contributed by atoms with van der Waals surface area (Å²) >= 11 is 0. The van der Waals surface area contributed by atoms with Gasteiger partial charge in [0.25, 0.3) is 11.8 Å². The molecule has 1 saturated heterocycles. The Kier molecular flexibility index (Phi) is 4.62. The van der Waals surface area contributed by atoms with Gasteiger partial charge in [0.15, 0.2) is 12.0 Å². The van der Waals surface area contributed by atoms with E-state index in [1.165, 1.54) is 6.39 Å². The number of amides is 2. The summed E-state index contributed by atoms with van der Waals surface area (Å²) in [6.45, 7) is 4.33. The van der Waals surface area contributed by atoms with Gasteiger partial charge < -0.3 is 14.2 Å². The molecule has 27 heavy (non-hydrogen) atoms. The van der Waals surface area contributed by atoms with Gasteiger partial charge in [0.1, 0.15) is 5.52 Å². The number of fused-ring (bicyclic) bond motifs is 1. The number of hydrogen-bond donors (Lipinski definition) is 0. The maximum Gasteiger partial charge on any atom is 0.254 e. The number of aromatic nitrogens is 1. The van der Waals surface area contributed by atoms with E-state index in [-0.39, 0.29) is 11.8 Å². The van der Waals surface area contributed by atoms with Crippen LogP contribution in [-0.4, -0.2) is 52.8 Å². The average molecular weight is 363 g/mol. The number of benzene rings is 2. The number of rotatable bonds is 2. The van der Waals surface area contributed by atoms with Crippen LogP contribution in [-0.2, 0) is 0 Å². The summed E-state index contributed by atoms with van der Waals surface area (Å²) in [6, 6.07) is 12.9. The molecule has 0 aliphatic carbocycles. The average Bonchev–Trinajstić information content (AvgIpc) is 3.02. The molecule has 1 aliphatic heterocycles. The predicted octanol–water partition coefficient (Wildman–Crippen LogP) is 3.12. The lowest BCUT2D eigenvalue weighted by molar-refractivity contribution is 0.0719. The van der Waals surface area contributed by atoms with E-state index in [4.69, 9.17) is 4.42 Å². The fourth-order valence-corrected chi connectivity index (χ4v) is 3.37. The van der Waals surface area contributed by atoms with Crippen molar-refractivity contribution in [1.82, 2.24) is 14.8 Å². The topological polar surface area (TPSA) is 66.7 Å². The molecule has 1 aromatic heterocycles. The molecule has 138 valence electrons. The van der Waals surface area contributed by atoms with Gasteiger partial charge in [0.05, 0.1) is 0 Å². The Bertz CT molecular complexity index is 978. The third kappa shape index (κ3) is 3.56. The van der Waals surface area contributed by atoms with Gasteiger partial charge in [-0.1, -0.05) is 17.7 Å². The van der Waals surface area contributed by atoms with Gasteiger partial charge in [0.2, 0.25) is 0 Å². The second kappa shape index (κ2) is 7.23. The third-order valence-corrected chi connectivity index (χ3v) is 4.95. The van der Waals surface area contributed by atoms with E-state index in [9.17, 15) is 9.59 Å². The molecule has 0 saturated carbocycles. The second-order valence-electron chi connectivity index (χ2n) is 6.84. The van der Waals surface area contributed by atoms with Crippen LogP contribution in [0, 0.1) is 6.92 Å². The highest BCUT2D eigenvalue weighted by Gasteiger charge is 2.23. The normalized spacial score (nSPS) is 15.0. The third-order valence-electron chi connectivity index (χ3n) is 4.95. The van der Waals surface area contributed by atoms with E-state index >= 15 is 0 Å². The van der Waals surface area contributed by atoms with Crippen LogP contribution in [0.3, 0.4) is 0 Å². The first-order chi connectivity index (χ1) is 13.1. The number of nitrogens with zero attached hydrogens (tertiary/aromatic N) is 3. The van der Waals surface area contributed by atoms with Crippen LogP contribution in [0.5, 0.6) is 0 Å². The SMILES string of the molecule is Cc1ccc(C(=O)N2CCCN(C(=O)c3ccc4ncoc4c3)CC2)cc1. The lowest BCUT2D eigenvalue weighted by Crippen LogP contribution is -2.37. The van der Waals surface area contributed by atoms with Crippen molar-refractivity contribution < 1.29 is 14.0 Å². The van der Waals surface area contributed by atoms with Crippen molar-refractivity contribution >= 4 is 22.9 Å². The Hall–Kier alpha value is -3.15. The summed E-state index contributed by atoms with van der Waals surface area (Å²) in [7, 11) is 0. The maximum absolute atomic E-state index is 12.9. The van der Waals surface area contributed by atoms with E-state index in [1.807, 2.05) is 36.1 Å². The first-order valence-corrected chi connectivity index (χ1v) is 9.10. The summed E-state index contributed by atoms with van der Waals surface area (Å²) in [5.41, 5.74) is 3.74. The lowest BCUT2D eigenvalue weighted by atomic mass is 10.1. The van der Waals surface area contributed by atoms with Gasteiger partial charge in [-0.15, -0.1) is 0 Å². The molecule has 1 fully saturated rings. The molecular weight excluding hydrogens is 342 g/mol. The van der Waals surface area contributed by atoms with Gasteiger partial charge in [-0.2, -0.15) is 0 Å². The quantitative estimate of drug-likeness (QED) is 0.702. The van der Waals surface area contributed by atoms with Crippen molar-refractivity contribution in [3.05, 3.63) is 65.5 Å². The van der Waals surface area contributed by atoms with E-state index in [2.05, 4.69) is 4.98 Å². The summed E-state index contributed by atoms with van der Waals surface area (Å²) in [5, 5.41) is 0. The molecule has 0 radical (unpaired) electrons. The van der Waals surface area contributed by atoms with Gasteiger partial charge in [-0.05, 0) is 43.7 Å². The monoisotopic (exact) mass is 363 g/mol. The Balaban J connectivity index is 1.45. The molecule has 0 unspecified atom stereocenters. The maximum atomic E-state index is 12.9. The molecule has 6 nitrogen and oxygen atoms in total. The highest BCUT2D eigenvalue weighted by atomic mass is 16.3. The zero-order chi connectivity index (χ0) is 18.8. The minimum Gasteiger partial charge on any atom is -0.443 e. The summed E-state index contributed by atoms with van der Waals surface area (Å²) in [6.07, 6.45) is 2.13. The number of aryl methyl sites for hydroxylation is 1. The molecular formula is C21H21N3O3. The van der Waals surface area contributed by atoms with Crippen molar-refractivity contribution in [2.45, 2.75) is 13.3 Å². The highest BCUT2D eigenvalue weighted by Crippen LogP contribution is 2.17. The Morgan fingerprint density at radius 2 is 1.52 bits per heavy atom. The summed E-state index contributed by atoms with van der Waals surface area (Å²) < 4.78 is 5.29. The molecule has 0 N–H and O–H groups in total. The lowest BCUT2D eigenvalue weighted by Gasteiger charge is -2.22. The summed E-state index contributed by atoms with van der Waals surface area (Å²) in [4.78, 5) is 33.3. The predicted molar refractivity (Wildman–Crippen MR) is 102 cm³/mol. The molecule has 4 rings (SSSR count). The molecule has 0 spiro atoms. The molecule has 0 bridgehead atoms. The van der Waals surface area contributed by atoms with Crippen LogP contribution in [0.2, 0.25) is 0 Å². The van der Waals surface area contributed by atoms with Crippen LogP contribution in [0.25, 0.3) is 11.1 Å². The van der Waals surface area contributed by atoms with E-state index < -0.39 is 0 Å². The number of hydrogen-bond acceptors (Lipinski definition) is 4. The standard InChI is InChI=1S/C21H21N3O3/c1-15-3-5-16(6-4-15)20(25)23-9-2-10-24(12-11-23)21(26)17-7-8-18-19(13-17)27-14-22-18/h3-8,13-14H,2,9-12H2,1H3.